The summed E-state index contributed by atoms with van der Waals surface area (Å²) in [4.78, 5) is 16.2. The Balaban J connectivity index is 1.63. The molecular weight excluding hydrogens is 318 g/mol. The summed E-state index contributed by atoms with van der Waals surface area (Å²) in [6.45, 7) is 5.75. The van der Waals surface area contributed by atoms with Crippen molar-refractivity contribution in [3.63, 3.8) is 0 Å². The van der Waals surface area contributed by atoms with E-state index in [1.54, 1.807) is 6.92 Å². The van der Waals surface area contributed by atoms with Gasteiger partial charge < -0.3 is 9.84 Å². The topological polar surface area (TPSA) is 85.8 Å². The van der Waals surface area contributed by atoms with Gasteiger partial charge in [0.1, 0.15) is 0 Å². The van der Waals surface area contributed by atoms with Crippen molar-refractivity contribution in [2.24, 2.45) is 0 Å². The van der Waals surface area contributed by atoms with Crippen LogP contribution in [0.4, 0.5) is 5.82 Å². The molecule has 2 aromatic heterocycles. The number of anilines is 1. The molecule has 1 N–H and O–H groups in total. The highest BCUT2D eigenvalue weighted by molar-refractivity contribution is 5.90. The number of nitrogens with zero attached hydrogens (tertiary/aromatic N) is 4. The Bertz CT molecular complexity index is 853. The zero-order chi connectivity index (χ0) is 17.8. The largest absolute Gasteiger partial charge is 0.339 e. The van der Waals surface area contributed by atoms with Crippen molar-refractivity contribution in [3.8, 4) is 0 Å². The lowest BCUT2D eigenvalue weighted by Crippen LogP contribution is -2.14. The van der Waals surface area contributed by atoms with Gasteiger partial charge in [0.15, 0.2) is 11.6 Å². The second kappa shape index (κ2) is 7.29. The predicted octanol–water partition coefficient (Wildman–Crippen LogP) is 3.06. The van der Waals surface area contributed by atoms with Gasteiger partial charge in [0.25, 0.3) is 0 Å². The average molecular weight is 339 g/mol. The van der Waals surface area contributed by atoms with Crippen LogP contribution >= 0.6 is 0 Å². The fraction of sp³-hybridized carbons (Fsp3) is 0.333. The molecule has 0 aliphatic rings. The molecule has 1 unspecified atom stereocenters. The highest BCUT2D eigenvalue weighted by atomic mass is 16.5. The Morgan fingerprint density at radius 2 is 2.04 bits per heavy atom. The summed E-state index contributed by atoms with van der Waals surface area (Å²) in [7, 11) is 0. The number of nitrogens with one attached hydrogen (secondary N) is 1. The third-order valence-corrected chi connectivity index (χ3v) is 3.99. The number of hydrogen-bond donors (Lipinski definition) is 1. The van der Waals surface area contributed by atoms with Crippen LogP contribution in [0.5, 0.6) is 0 Å². The van der Waals surface area contributed by atoms with Crippen LogP contribution in [-0.2, 0) is 11.2 Å². The third kappa shape index (κ3) is 4.12. The number of aryl methyl sites for hydroxylation is 3. The Labute approximate surface area is 146 Å². The maximum atomic E-state index is 12.1. The SMILES string of the molecule is Cc1noc(CCC(=O)Nc2nn(C(C)c3ccccc3)cc2C)n1. The summed E-state index contributed by atoms with van der Waals surface area (Å²) in [5.74, 6) is 1.48. The molecule has 7 nitrogen and oxygen atoms in total. The minimum absolute atomic E-state index is 0.0897. The number of aromatic nitrogens is 4. The smallest absolute Gasteiger partial charge is 0.227 e. The lowest BCUT2D eigenvalue weighted by atomic mass is 10.1. The number of carbonyl (C=O) groups excluding carboxylic acids is 1. The van der Waals surface area contributed by atoms with Crippen LogP contribution in [0.1, 0.15) is 42.2 Å². The molecule has 25 heavy (non-hydrogen) atoms. The molecule has 3 aromatic rings. The maximum Gasteiger partial charge on any atom is 0.227 e. The Morgan fingerprint density at radius 3 is 2.72 bits per heavy atom. The number of hydrogen-bond acceptors (Lipinski definition) is 5. The van der Waals surface area contributed by atoms with Crippen LogP contribution in [0.25, 0.3) is 0 Å². The van der Waals surface area contributed by atoms with Gasteiger partial charge in [-0.3, -0.25) is 9.48 Å². The van der Waals surface area contributed by atoms with Crippen LogP contribution in [0.15, 0.2) is 41.1 Å². The van der Waals surface area contributed by atoms with Crippen LogP contribution in [0.2, 0.25) is 0 Å². The molecule has 0 spiro atoms. The van der Waals surface area contributed by atoms with Crippen LogP contribution in [0, 0.1) is 13.8 Å². The van der Waals surface area contributed by atoms with E-state index in [-0.39, 0.29) is 18.4 Å². The first-order valence-corrected chi connectivity index (χ1v) is 8.22. The molecule has 7 heteroatoms. The van der Waals surface area contributed by atoms with Gasteiger partial charge in [-0.25, -0.2) is 0 Å². The second-order valence-corrected chi connectivity index (χ2v) is 6.01. The Hall–Kier alpha value is -2.96. The van der Waals surface area contributed by atoms with Crippen LogP contribution in [-0.4, -0.2) is 25.8 Å². The van der Waals surface area contributed by atoms with Crippen molar-refractivity contribution < 1.29 is 9.32 Å². The van der Waals surface area contributed by atoms with Crippen molar-refractivity contribution in [1.82, 2.24) is 19.9 Å². The molecule has 0 aliphatic heterocycles. The second-order valence-electron chi connectivity index (χ2n) is 6.01. The summed E-state index contributed by atoms with van der Waals surface area (Å²) >= 11 is 0. The van der Waals surface area contributed by atoms with E-state index in [9.17, 15) is 4.79 Å². The van der Waals surface area contributed by atoms with Gasteiger partial charge in [0.2, 0.25) is 11.8 Å². The molecule has 0 aliphatic carbocycles. The van der Waals surface area contributed by atoms with Crippen molar-refractivity contribution >= 4 is 11.7 Å². The molecule has 2 heterocycles. The van der Waals surface area contributed by atoms with Crippen molar-refractivity contribution in [3.05, 3.63) is 59.4 Å². The first kappa shape index (κ1) is 16.9. The van der Waals surface area contributed by atoms with Crippen LogP contribution in [0.3, 0.4) is 0 Å². The average Bonchev–Trinajstić information content (AvgIpc) is 3.19. The summed E-state index contributed by atoms with van der Waals surface area (Å²) < 4.78 is 6.88. The maximum absolute atomic E-state index is 12.1. The van der Waals surface area contributed by atoms with Crippen molar-refractivity contribution in [2.45, 2.75) is 39.7 Å². The zero-order valence-electron chi connectivity index (χ0n) is 14.6. The third-order valence-electron chi connectivity index (χ3n) is 3.99. The van der Waals surface area contributed by atoms with Gasteiger partial charge in [-0.15, -0.1) is 0 Å². The van der Waals surface area contributed by atoms with Gasteiger partial charge >= 0.3 is 0 Å². The normalized spacial score (nSPS) is 12.1. The van der Waals surface area contributed by atoms with Gasteiger partial charge in [-0.1, -0.05) is 35.5 Å². The lowest BCUT2D eigenvalue weighted by molar-refractivity contribution is -0.116. The van der Waals surface area contributed by atoms with Gasteiger partial charge in [0.05, 0.1) is 6.04 Å². The van der Waals surface area contributed by atoms with E-state index in [2.05, 4.69) is 39.6 Å². The molecule has 1 atom stereocenters. The molecule has 0 fully saturated rings. The first-order chi connectivity index (χ1) is 12.0. The molecule has 1 aromatic carbocycles. The predicted molar refractivity (Wildman–Crippen MR) is 93.2 cm³/mol. The van der Waals surface area contributed by atoms with Crippen molar-refractivity contribution in [1.29, 1.82) is 0 Å². The molecule has 3 rings (SSSR count). The molecular formula is C18H21N5O2. The first-order valence-electron chi connectivity index (χ1n) is 8.22. The lowest BCUT2D eigenvalue weighted by Gasteiger charge is -2.12. The molecule has 0 radical (unpaired) electrons. The van der Waals surface area contributed by atoms with E-state index in [0.717, 1.165) is 11.1 Å². The number of amides is 1. The van der Waals surface area contributed by atoms with Gasteiger partial charge in [-0.2, -0.15) is 10.1 Å². The zero-order valence-corrected chi connectivity index (χ0v) is 14.6. The molecule has 0 saturated carbocycles. The van der Waals surface area contributed by atoms with E-state index in [1.165, 1.54) is 0 Å². The summed E-state index contributed by atoms with van der Waals surface area (Å²) in [6.07, 6.45) is 2.61. The number of carbonyl (C=O) groups is 1. The summed E-state index contributed by atoms with van der Waals surface area (Å²) in [5.41, 5.74) is 2.08. The fourth-order valence-electron chi connectivity index (χ4n) is 2.55. The standard InChI is InChI=1S/C18H21N5O2/c1-12-11-23(13(2)15-7-5-4-6-8-15)21-18(12)20-16(24)9-10-17-19-14(3)22-25-17/h4-8,11,13H,9-10H2,1-3H3,(H,20,21,24). The highest BCUT2D eigenvalue weighted by Gasteiger charge is 2.14. The molecule has 0 bridgehead atoms. The van der Waals surface area contributed by atoms with E-state index >= 15 is 0 Å². The van der Waals surface area contributed by atoms with E-state index in [0.29, 0.717) is 24.0 Å². The minimum atomic E-state index is -0.128. The molecule has 0 saturated heterocycles. The minimum Gasteiger partial charge on any atom is -0.339 e. The van der Waals surface area contributed by atoms with E-state index < -0.39 is 0 Å². The fourth-order valence-corrected chi connectivity index (χ4v) is 2.55. The highest BCUT2D eigenvalue weighted by Crippen LogP contribution is 2.21. The molecule has 130 valence electrons. The van der Waals surface area contributed by atoms with Gasteiger partial charge in [0, 0.05) is 24.6 Å². The Morgan fingerprint density at radius 1 is 1.28 bits per heavy atom. The quantitative estimate of drug-likeness (QED) is 0.746. The summed E-state index contributed by atoms with van der Waals surface area (Å²) in [5, 5.41) is 11.1. The van der Waals surface area contributed by atoms with Gasteiger partial charge in [-0.05, 0) is 26.3 Å². The summed E-state index contributed by atoms with van der Waals surface area (Å²) in [6, 6.07) is 10.2. The van der Waals surface area contributed by atoms with Crippen LogP contribution < -0.4 is 5.32 Å². The monoisotopic (exact) mass is 339 g/mol. The van der Waals surface area contributed by atoms with E-state index in [4.69, 9.17) is 4.52 Å². The number of benzene rings is 1. The van der Waals surface area contributed by atoms with Crippen molar-refractivity contribution in [2.75, 3.05) is 5.32 Å². The van der Waals surface area contributed by atoms with E-state index in [1.807, 2.05) is 36.0 Å². The number of rotatable bonds is 6. The Kier molecular flexibility index (Phi) is 4.92. The molecule has 1 amide bonds.